The fourth-order valence-corrected chi connectivity index (χ4v) is 3.15. The summed E-state index contributed by atoms with van der Waals surface area (Å²) in [6, 6.07) is 8.10. The third-order valence-corrected chi connectivity index (χ3v) is 5.03. The number of nitrogens with zero attached hydrogens (tertiary/aromatic N) is 2. The van der Waals surface area contributed by atoms with Gasteiger partial charge in [-0.15, -0.1) is 0 Å². The van der Waals surface area contributed by atoms with Gasteiger partial charge >= 0.3 is 0 Å². The van der Waals surface area contributed by atoms with Crippen molar-refractivity contribution in [1.82, 2.24) is 20.9 Å². The standard InChI is InChI=1S/C22H37N5O2/c1-4-6-11-24-21(28)20-9-7-19(8-10-20)17-26-22(23-5-2)25-16-18(3)27-12-14-29-15-13-27/h7-10,18H,4-6,11-17H2,1-3H3,(H,24,28)(H2,23,25,26). The molecule has 0 aliphatic carbocycles. The molecule has 7 heteroatoms. The number of hydrogen-bond acceptors (Lipinski definition) is 4. The number of morpholine rings is 1. The Balaban J connectivity index is 1.84. The van der Waals surface area contributed by atoms with E-state index in [-0.39, 0.29) is 5.91 Å². The maximum Gasteiger partial charge on any atom is 0.251 e. The van der Waals surface area contributed by atoms with E-state index in [0.29, 0.717) is 18.2 Å². The van der Waals surface area contributed by atoms with Gasteiger partial charge in [-0.2, -0.15) is 0 Å². The van der Waals surface area contributed by atoms with Crippen molar-refractivity contribution in [2.75, 3.05) is 45.9 Å². The maximum absolute atomic E-state index is 12.1. The van der Waals surface area contributed by atoms with E-state index in [2.05, 4.69) is 46.6 Å². The number of carbonyl (C=O) groups is 1. The molecule has 1 aliphatic rings. The lowest BCUT2D eigenvalue weighted by Crippen LogP contribution is -2.49. The molecule has 1 unspecified atom stereocenters. The number of guanidine groups is 1. The normalized spacial score (nSPS) is 16.3. The number of aliphatic imine (C=N–C) groups is 1. The van der Waals surface area contributed by atoms with E-state index in [0.717, 1.165) is 70.3 Å². The number of amides is 1. The molecule has 1 amide bonds. The van der Waals surface area contributed by atoms with E-state index in [1.165, 1.54) is 0 Å². The van der Waals surface area contributed by atoms with Crippen LogP contribution in [0.25, 0.3) is 0 Å². The summed E-state index contributed by atoms with van der Waals surface area (Å²) in [7, 11) is 0. The molecule has 29 heavy (non-hydrogen) atoms. The van der Waals surface area contributed by atoms with E-state index in [1.807, 2.05) is 24.3 Å². The molecule has 1 saturated heterocycles. The Bertz CT molecular complexity index is 627. The van der Waals surface area contributed by atoms with Crippen LogP contribution in [0.3, 0.4) is 0 Å². The summed E-state index contributed by atoms with van der Waals surface area (Å²) in [6.07, 6.45) is 2.08. The number of benzene rings is 1. The van der Waals surface area contributed by atoms with E-state index in [1.54, 1.807) is 0 Å². The van der Waals surface area contributed by atoms with Crippen LogP contribution in [-0.2, 0) is 11.3 Å². The van der Waals surface area contributed by atoms with Crippen molar-refractivity contribution in [3.8, 4) is 0 Å². The monoisotopic (exact) mass is 403 g/mol. The Kier molecular flexibility index (Phi) is 10.5. The van der Waals surface area contributed by atoms with Crippen LogP contribution in [0.2, 0.25) is 0 Å². The SMILES string of the molecule is CCCCNC(=O)c1ccc(CN=C(NCC)NCC(C)N2CCOCC2)cc1. The lowest BCUT2D eigenvalue weighted by Gasteiger charge is -2.32. The second kappa shape index (κ2) is 13.2. The van der Waals surface area contributed by atoms with Crippen LogP contribution >= 0.6 is 0 Å². The summed E-state index contributed by atoms with van der Waals surface area (Å²) in [4.78, 5) is 19.2. The molecule has 0 saturated carbocycles. The zero-order valence-corrected chi connectivity index (χ0v) is 18.2. The van der Waals surface area contributed by atoms with Crippen LogP contribution in [-0.4, -0.2) is 68.7 Å². The predicted octanol–water partition coefficient (Wildman–Crippen LogP) is 1.99. The van der Waals surface area contributed by atoms with Gasteiger partial charge in [-0.1, -0.05) is 25.5 Å². The third kappa shape index (κ3) is 8.41. The summed E-state index contributed by atoms with van der Waals surface area (Å²) in [6.45, 7) is 12.9. The van der Waals surface area contributed by atoms with Crippen molar-refractivity contribution in [3.63, 3.8) is 0 Å². The first kappa shape index (κ1) is 23.2. The number of unbranched alkanes of at least 4 members (excludes halogenated alkanes) is 1. The smallest absolute Gasteiger partial charge is 0.251 e. The Morgan fingerprint density at radius 2 is 1.86 bits per heavy atom. The minimum atomic E-state index is -0.0133. The van der Waals surface area contributed by atoms with Gasteiger partial charge in [-0.25, -0.2) is 4.99 Å². The fraction of sp³-hybridized carbons (Fsp3) is 0.636. The van der Waals surface area contributed by atoms with Gasteiger partial charge < -0.3 is 20.7 Å². The van der Waals surface area contributed by atoms with Gasteiger partial charge in [0.05, 0.1) is 19.8 Å². The molecule has 1 fully saturated rings. The second-order valence-electron chi connectivity index (χ2n) is 7.38. The molecule has 1 atom stereocenters. The highest BCUT2D eigenvalue weighted by molar-refractivity contribution is 5.94. The molecule has 0 spiro atoms. The number of rotatable bonds is 10. The number of ether oxygens (including phenoxy) is 1. The highest BCUT2D eigenvalue weighted by Gasteiger charge is 2.17. The fourth-order valence-electron chi connectivity index (χ4n) is 3.15. The van der Waals surface area contributed by atoms with Gasteiger partial charge in [0.25, 0.3) is 5.91 Å². The molecule has 3 N–H and O–H groups in total. The molecule has 162 valence electrons. The van der Waals surface area contributed by atoms with Crippen LogP contribution in [0.5, 0.6) is 0 Å². The van der Waals surface area contributed by atoms with Crippen molar-refractivity contribution in [2.45, 2.75) is 46.2 Å². The van der Waals surface area contributed by atoms with Crippen molar-refractivity contribution >= 4 is 11.9 Å². The number of carbonyl (C=O) groups excluding carboxylic acids is 1. The molecule has 0 aromatic heterocycles. The topological polar surface area (TPSA) is 78.0 Å². The molecule has 7 nitrogen and oxygen atoms in total. The van der Waals surface area contributed by atoms with Crippen LogP contribution in [0.15, 0.2) is 29.3 Å². The molecule has 0 radical (unpaired) electrons. The first-order valence-electron chi connectivity index (χ1n) is 10.8. The molecule has 1 aromatic rings. The molecule has 1 aliphatic heterocycles. The van der Waals surface area contributed by atoms with Gasteiger partial charge in [0.15, 0.2) is 5.96 Å². The van der Waals surface area contributed by atoms with Gasteiger partial charge in [-0.3, -0.25) is 9.69 Å². The van der Waals surface area contributed by atoms with E-state index < -0.39 is 0 Å². The van der Waals surface area contributed by atoms with Crippen molar-refractivity contribution in [1.29, 1.82) is 0 Å². The highest BCUT2D eigenvalue weighted by atomic mass is 16.5. The minimum Gasteiger partial charge on any atom is -0.379 e. The predicted molar refractivity (Wildman–Crippen MR) is 118 cm³/mol. The van der Waals surface area contributed by atoms with Gasteiger partial charge in [0, 0.05) is 44.3 Å². The molecule has 0 bridgehead atoms. The molecular formula is C22H37N5O2. The van der Waals surface area contributed by atoms with E-state index in [9.17, 15) is 4.79 Å². The Morgan fingerprint density at radius 1 is 1.14 bits per heavy atom. The van der Waals surface area contributed by atoms with Gasteiger partial charge in [0.1, 0.15) is 0 Å². The first-order valence-corrected chi connectivity index (χ1v) is 10.8. The van der Waals surface area contributed by atoms with Crippen molar-refractivity contribution in [2.24, 2.45) is 4.99 Å². The highest BCUT2D eigenvalue weighted by Crippen LogP contribution is 2.06. The first-order chi connectivity index (χ1) is 14.1. The van der Waals surface area contributed by atoms with Crippen molar-refractivity contribution in [3.05, 3.63) is 35.4 Å². The quantitative estimate of drug-likeness (QED) is 0.316. The van der Waals surface area contributed by atoms with Crippen LogP contribution in [0, 0.1) is 0 Å². The molecule has 1 aromatic carbocycles. The van der Waals surface area contributed by atoms with Gasteiger partial charge in [0.2, 0.25) is 0 Å². The Morgan fingerprint density at radius 3 is 2.52 bits per heavy atom. The summed E-state index contributed by atoms with van der Waals surface area (Å²) in [5, 5.41) is 9.68. The summed E-state index contributed by atoms with van der Waals surface area (Å²) < 4.78 is 5.43. The molecule has 2 rings (SSSR count). The molecular weight excluding hydrogens is 366 g/mol. The van der Waals surface area contributed by atoms with E-state index in [4.69, 9.17) is 4.74 Å². The third-order valence-electron chi connectivity index (χ3n) is 5.03. The lowest BCUT2D eigenvalue weighted by atomic mass is 10.1. The lowest BCUT2D eigenvalue weighted by molar-refractivity contribution is 0.0211. The zero-order valence-electron chi connectivity index (χ0n) is 18.2. The van der Waals surface area contributed by atoms with Crippen molar-refractivity contribution < 1.29 is 9.53 Å². The van der Waals surface area contributed by atoms with Crippen LogP contribution in [0.1, 0.15) is 49.5 Å². The summed E-state index contributed by atoms with van der Waals surface area (Å²) >= 11 is 0. The van der Waals surface area contributed by atoms with E-state index >= 15 is 0 Å². The Labute approximate surface area is 175 Å². The van der Waals surface area contributed by atoms with Crippen LogP contribution < -0.4 is 16.0 Å². The zero-order chi connectivity index (χ0) is 20.9. The molecule has 1 heterocycles. The summed E-state index contributed by atoms with van der Waals surface area (Å²) in [5.74, 6) is 0.801. The Hall–Kier alpha value is -2.12. The maximum atomic E-state index is 12.1. The van der Waals surface area contributed by atoms with Gasteiger partial charge in [-0.05, 0) is 38.0 Å². The second-order valence-corrected chi connectivity index (χ2v) is 7.38. The largest absolute Gasteiger partial charge is 0.379 e. The minimum absolute atomic E-state index is 0.0133. The average Bonchev–Trinajstić information content (AvgIpc) is 2.76. The average molecular weight is 404 g/mol. The summed E-state index contributed by atoms with van der Waals surface area (Å²) in [5.41, 5.74) is 1.77. The van der Waals surface area contributed by atoms with Crippen LogP contribution in [0.4, 0.5) is 0 Å². The number of hydrogen-bond donors (Lipinski definition) is 3. The number of nitrogens with one attached hydrogen (secondary N) is 3.